The maximum atomic E-state index is 12.4. The molecule has 1 amide bonds. The average molecular weight is 283 g/mol. The van der Waals surface area contributed by atoms with Crippen LogP contribution in [-0.4, -0.2) is 60.9 Å². The van der Waals surface area contributed by atoms with Crippen molar-refractivity contribution < 1.29 is 24.2 Å². The summed E-state index contributed by atoms with van der Waals surface area (Å²) in [4.78, 5) is 25.8. The van der Waals surface area contributed by atoms with E-state index in [-0.39, 0.29) is 18.4 Å². The molecule has 3 aliphatic rings. The maximum absolute atomic E-state index is 12.4. The number of ether oxygens (including phenoxy) is 2. The van der Waals surface area contributed by atoms with Crippen LogP contribution in [0, 0.1) is 11.3 Å². The minimum atomic E-state index is -0.752. The molecule has 0 aromatic heterocycles. The Hall–Kier alpha value is -1.14. The van der Waals surface area contributed by atoms with Gasteiger partial charge in [-0.1, -0.05) is 12.8 Å². The first kappa shape index (κ1) is 13.8. The van der Waals surface area contributed by atoms with E-state index in [0.29, 0.717) is 32.7 Å². The summed E-state index contributed by atoms with van der Waals surface area (Å²) in [5.41, 5.74) is -0.733. The van der Waals surface area contributed by atoms with E-state index < -0.39 is 17.5 Å². The van der Waals surface area contributed by atoms with Crippen LogP contribution < -0.4 is 0 Å². The molecule has 2 heterocycles. The van der Waals surface area contributed by atoms with E-state index in [0.717, 1.165) is 19.3 Å². The van der Waals surface area contributed by atoms with Gasteiger partial charge in [0.05, 0.1) is 25.2 Å². The van der Waals surface area contributed by atoms with Crippen LogP contribution in [0.4, 0.5) is 0 Å². The fraction of sp³-hybridized carbons (Fsp3) is 0.857. The molecule has 2 saturated heterocycles. The van der Waals surface area contributed by atoms with Gasteiger partial charge in [-0.3, -0.25) is 9.59 Å². The first-order valence-corrected chi connectivity index (χ1v) is 7.35. The Balaban J connectivity index is 1.73. The van der Waals surface area contributed by atoms with Crippen LogP contribution in [0.5, 0.6) is 0 Å². The summed E-state index contributed by atoms with van der Waals surface area (Å²) in [6.45, 7) is 2.10. The molecule has 3 atom stereocenters. The monoisotopic (exact) mass is 283 g/mol. The van der Waals surface area contributed by atoms with Crippen LogP contribution in [0.15, 0.2) is 0 Å². The molecule has 3 fully saturated rings. The molecular weight excluding hydrogens is 262 g/mol. The lowest BCUT2D eigenvalue weighted by Crippen LogP contribution is -2.46. The SMILES string of the molecule is O=C(C1COCCO1)N1C[C@H]2CCCC[C@@]2(C(=O)O)C1. The minimum Gasteiger partial charge on any atom is -0.481 e. The van der Waals surface area contributed by atoms with Gasteiger partial charge in [-0.2, -0.15) is 0 Å². The topological polar surface area (TPSA) is 76.1 Å². The number of fused-ring (bicyclic) bond motifs is 1. The third-order valence-corrected chi connectivity index (χ3v) is 4.95. The minimum absolute atomic E-state index is 0.0854. The van der Waals surface area contributed by atoms with Gasteiger partial charge in [0.1, 0.15) is 0 Å². The lowest BCUT2D eigenvalue weighted by molar-refractivity contribution is -0.158. The van der Waals surface area contributed by atoms with Crippen LogP contribution in [0.3, 0.4) is 0 Å². The molecule has 2 aliphatic heterocycles. The number of amides is 1. The number of carboxylic acids is 1. The lowest BCUT2D eigenvalue weighted by atomic mass is 9.68. The van der Waals surface area contributed by atoms with Gasteiger partial charge in [-0.15, -0.1) is 0 Å². The highest BCUT2D eigenvalue weighted by atomic mass is 16.6. The van der Waals surface area contributed by atoms with E-state index in [1.165, 1.54) is 0 Å². The number of carbonyl (C=O) groups is 2. The largest absolute Gasteiger partial charge is 0.481 e. The van der Waals surface area contributed by atoms with Crippen LogP contribution >= 0.6 is 0 Å². The van der Waals surface area contributed by atoms with Crippen LogP contribution in [-0.2, 0) is 19.1 Å². The van der Waals surface area contributed by atoms with E-state index >= 15 is 0 Å². The Morgan fingerprint density at radius 3 is 2.75 bits per heavy atom. The van der Waals surface area contributed by atoms with Gasteiger partial charge < -0.3 is 19.5 Å². The van der Waals surface area contributed by atoms with Crippen molar-refractivity contribution in [1.82, 2.24) is 4.90 Å². The summed E-state index contributed by atoms with van der Waals surface area (Å²) >= 11 is 0. The van der Waals surface area contributed by atoms with E-state index in [1.54, 1.807) is 4.90 Å². The normalized spacial score (nSPS) is 37.5. The first-order chi connectivity index (χ1) is 9.63. The summed E-state index contributed by atoms with van der Waals surface area (Å²) in [5, 5.41) is 9.62. The molecule has 1 unspecified atom stereocenters. The van der Waals surface area contributed by atoms with Gasteiger partial charge in [0.15, 0.2) is 6.10 Å². The average Bonchev–Trinajstić information content (AvgIpc) is 2.88. The number of rotatable bonds is 2. The highest BCUT2D eigenvalue weighted by molar-refractivity contribution is 5.84. The summed E-state index contributed by atoms with van der Waals surface area (Å²) in [5.74, 6) is -0.778. The first-order valence-electron chi connectivity index (χ1n) is 7.35. The van der Waals surface area contributed by atoms with Crippen molar-refractivity contribution in [2.75, 3.05) is 32.9 Å². The fourth-order valence-corrected chi connectivity index (χ4v) is 3.81. The third kappa shape index (κ3) is 2.20. The molecule has 3 rings (SSSR count). The number of nitrogens with zero attached hydrogens (tertiary/aromatic N) is 1. The second-order valence-corrected chi connectivity index (χ2v) is 6.06. The number of likely N-dealkylation sites (tertiary alicyclic amines) is 1. The quantitative estimate of drug-likeness (QED) is 0.799. The number of carbonyl (C=O) groups excluding carboxylic acids is 1. The van der Waals surface area contributed by atoms with Gasteiger partial charge >= 0.3 is 5.97 Å². The Morgan fingerprint density at radius 2 is 2.10 bits per heavy atom. The molecule has 0 radical (unpaired) electrons. The summed E-state index contributed by atoms with van der Waals surface area (Å²) in [6, 6.07) is 0. The van der Waals surface area contributed by atoms with Crippen molar-refractivity contribution in [1.29, 1.82) is 0 Å². The van der Waals surface area contributed by atoms with E-state index in [9.17, 15) is 14.7 Å². The molecule has 0 spiro atoms. The second-order valence-electron chi connectivity index (χ2n) is 6.06. The zero-order valence-electron chi connectivity index (χ0n) is 11.5. The molecular formula is C14H21NO5. The number of carboxylic acid groups (broad SMARTS) is 1. The highest BCUT2D eigenvalue weighted by Gasteiger charge is 2.54. The zero-order chi connectivity index (χ0) is 14.2. The Kier molecular flexibility index (Phi) is 3.69. The van der Waals surface area contributed by atoms with Gasteiger partial charge in [0.25, 0.3) is 5.91 Å². The van der Waals surface area contributed by atoms with Crippen molar-refractivity contribution >= 4 is 11.9 Å². The second kappa shape index (κ2) is 5.33. The Morgan fingerprint density at radius 1 is 1.25 bits per heavy atom. The van der Waals surface area contributed by atoms with Gasteiger partial charge in [-0.05, 0) is 18.8 Å². The predicted octanol–water partition coefficient (Wildman–Crippen LogP) is 0.505. The van der Waals surface area contributed by atoms with Crippen LogP contribution in [0.1, 0.15) is 25.7 Å². The van der Waals surface area contributed by atoms with Crippen molar-refractivity contribution in [2.45, 2.75) is 31.8 Å². The third-order valence-electron chi connectivity index (χ3n) is 4.95. The van der Waals surface area contributed by atoms with E-state index in [2.05, 4.69) is 0 Å². The summed E-state index contributed by atoms with van der Waals surface area (Å²) in [6.07, 6.45) is 3.02. The van der Waals surface area contributed by atoms with Crippen molar-refractivity contribution in [3.8, 4) is 0 Å². The molecule has 1 saturated carbocycles. The van der Waals surface area contributed by atoms with Gasteiger partial charge in [0.2, 0.25) is 0 Å². The molecule has 6 heteroatoms. The number of aliphatic carboxylic acids is 1. The highest BCUT2D eigenvalue weighted by Crippen LogP contribution is 2.47. The summed E-state index contributed by atoms with van der Waals surface area (Å²) in [7, 11) is 0. The Labute approximate surface area is 118 Å². The lowest BCUT2D eigenvalue weighted by Gasteiger charge is -2.34. The van der Waals surface area contributed by atoms with Gasteiger partial charge in [-0.25, -0.2) is 0 Å². The van der Waals surface area contributed by atoms with Crippen molar-refractivity contribution in [3.05, 3.63) is 0 Å². The van der Waals surface area contributed by atoms with Crippen LogP contribution in [0.25, 0.3) is 0 Å². The summed E-state index contributed by atoms with van der Waals surface area (Å²) < 4.78 is 10.7. The molecule has 20 heavy (non-hydrogen) atoms. The van der Waals surface area contributed by atoms with Crippen LogP contribution in [0.2, 0.25) is 0 Å². The maximum Gasteiger partial charge on any atom is 0.311 e. The van der Waals surface area contributed by atoms with Gasteiger partial charge in [0, 0.05) is 13.1 Å². The van der Waals surface area contributed by atoms with Crippen molar-refractivity contribution in [2.24, 2.45) is 11.3 Å². The molecule has 0 aromatic rings. The zero-order valence-corrected chi connectivity index (χ0v) is 11.5. The molecule has 0 aromatic carbocycles. The number of hydrogen-bond acceptors (Lipinski definition) is 4. The molecule has 0 bridgehead atoms. The number of hydrogen-bond donors (Lipinski definition) is 1. The van der Waals surface area contributed by atoms with E-state index in [4.69, 9.17) is 9.47 Å². The van der Waals surface area contributed by atoms with E-state index in [1.807, 2.05) is 0 Å². The fourth-order valence-electron chi connectivity index (χ4n) is 3.81. The molecule has 6 nitrogen and oxygen atoms in total. The standard InChI is InChI=1S/C14H21NO5/c16-12(11-8-19-5-6-20-11)15-7-10-3-1-2-4-14(10,9-15)13(17)18/h10-11H,1-9H2,(H,17,18)/t10-,11?,14-/m1/s1. The van der Waals surface area contributed by atoms with Crippen molar-refractivity contribution in [3.63, 3.8) is 0 Å². The molecule has 1 N–H and O–H groups in total. The molecule has 112 valence electrons. The Bertz CT molecular complexity index is 406. The smallest absolute Gasteiger partial charge is 0.311 e. The molecule has 1 aliphatic carbocycles. The predicted molar refractivity (Wildman–Crippen MR) is 69.2 cm³/mol.